The second-order valence-corrected chi connectivity index (χ2v) is 4.08. The first kappa shape index (κ1) is 15.4. The molecule has 0 saturated carbocycles. The summed E-state index contributed by atoms with van der Waals surface area (Å²) in [6.45, 7) is 0. The molecule has 108 valence electrons. The van der Waals surface area contributed by atoms with Crippen molar-refractivity contribution in [3.63, 3.8) is 0 Å². The molecule has 0 fully saturated rings. The summed E-state index contributed by atoms with van der Waals surface area (Å²) in [5.41, 5.74) is -0.0481. The van der Waals surface area contributed by atoms with Crippen LogP contribution in [0.25, 0.3) is 0 Å². The molecule has 0 bridgehead atoms. The summed E-state index contributed by atoms with van der Waals surface area (Å²) in [6, 6.07) is 3.90. The lowest BCUT2D eigenvalue weighted by molar-refractivity contribution is -0.385. The number of benzene rings is 1. The van der Waals surface area contributed by atoms with Gasteiger partial charge in [-0.1, -0.05) is 6.07 Å². The first-order valence-corrected chi connectivity index (χ1v) is 5.61. The van der Waals surface area contributed by atoms with Crippen LogP contribution in [0.5, 0.6) is 5.75 Å². The predicted molar refractivity (Wildman–Crippen MR) is 66.9 cm³/mol. The van der Waals surface area contributed by atoms with Crippen molar-refractivity contribution in [2.45, 2.75) is 18.8 Å². The number of nitrogens with zero attached hydrogens (tertiary/aromatic N) is 1. The molecule has 20 heavy (non-hydrogen) atoms. The number of aliphatic carboxylic acids is 2. The number of carboxylic acid groups (broad SMARTS) is 2. The van der Waals surface area contributed by atoms with Crippen molar-refractivity contribution in [3.8, 4) is 5.75 Å². The molecule has 1 aromatic carbocycles. The lowest BCUT2D eigenvalue weighted by Crippen LogP contribution is -2.11. The molecule has 1 aromatic rings. The van der Waals surface area contributed by atoms with Gasteiger partial charge < -0.3 is 14.9 Å². The Hall–Kier alpha value is -2.64. The molecule has 2 N–H and O–H groups in total. The number of methoxy groups -OCH3 is 1. The van der Waals surface area contributed by atoms with Gasteiger partial charge in [0.25, 0.3) is 0 Å². The summed E-state index contributed by atoms with van der Waals surface area (Å²) >= 11 is 0. The minimum absolute atomic E-state index is 0.0307. The maximum Gasteiger partial charge on any atom is 0.311 e. The van der Waals surface area contributed by atoms with E-state index in [4.69, 9.17) is 14.9 Å². The van der Waals surface area contributed by atoms with E-state index in [9.17, 15) is 19.7 Å². The fourth-order valence-corrected chi connectivity index (χ4v) is 1.83. The van der Waals surface area contributed by atoms with E-state index in [0.717, 1.165) is 6.07 Å². The largest absolute Gasteiger partial charge is 0.490 e. The molecule has 1 rings (SSSR count). The van der Waals surface area contributed by atoms with Crippen LogP contribution in [-0.2, 0) is 9.59 Å². The quantitative estimate of drug-likeness (QED) is 0.575. The van der Waals surface area contributed by atoms with Gasteiger partial charge in [-0.2, -0.15) is 0 Å². The van der Waals surface area contributed by atoms with E-state index in [0.29, 0.717) is 0 Å². The standard InChI is InChI=1S/C12H13NO7/c1-20-10-3-2-7(4-9(10)13(18)19)8(5-11(14)15)6-12(16)17/h2-4,8H,5-6H2,1H3,(H,14,15)(H,16,17). The summed E-state index contributed by atoms with van der Waals surface area (Å²) in [7, 11) is 1.27. The second kappa shape index (κ2) is 6.50. The third-order valence-electron chi connectivity index (χ3n) is 2.71. The Morgan fingerprint density at radius 2 is 1.85 bits per heavy atom. The first-order chi connectivity index (χ1) is 9.35. The SMILES string of the molecule is COc1ccc(C(CC(=O)O)CC(=O)O)cc1[N+](=O)[O-]. The Kier molecular flexibility index (Phi) is 5.01. The number of nitro benzene ring substituents is 1. The summed E-state index contributed by atoms with van der Waals surface area (Å²) < 4.78 is 4.83. The lowest BCUT2D eigenvalue weighted by atomic mass is 9.92. The fourth-order valence-electron chi connectivity index (χ4n) is 1.83. The molecule has 0 saturated heterocycles. The van der Waals surface area contributed by atoms with Gasteiger partial charge in [-0.25, -0.2) is 0 Å². The van der Waals surface area contributed by atoms with Gasteiger partial charge >= 0.3 is 17.6 Å². The summed E-state index contributed by atoms with van der Waals surface area (Å²) in [6.07, 6.45) is -0.842. The monoisotopic (exact) mass is 283 g/mol. The molecule has 0 heterocycles. The highest BCUT2D eigenvalue weighted by Gasteiger charge is 2.23. The highest BCUT2D eigenvalue weighted by atomic mass is 16.6. The zero-order chi connectivity index (χ0) is 15.3. The minimum Gasteiger partial charge on any atom is -0.490 e. The summed E-state index contributed by atoms with van der Waals surface area (Å²) in [5.74, 6) is -3.15. The van der Waals surface area contributed by atoms with Gasteiger partial charge in [-0.15, -0.1) is 0 Å². The van der Waals surface area contributed by atoms with E-state index >= 15 is 0 Å². The Labute approximate surface area is 113 Å². The molecule has 0 radical (unpaired) electrons. The number of hydrogen-bond donors (Lipinski definition) is 2. The van der Waals surface area contributed by atoms with Crippen LogP contribution in [0, 0.1) is 10.1 Å². The van der Waals surface area contributed by atoms with Gasteiger partial charge in [0.05, 0.1) is 24.9 Å². The Balaban J connectivity index is 3.19. The maximum absolute atomic E-state index is 10.9. The van der Waals surface area contributed by atoms with Gasteiger partial charge in [0.2, 0.25) is 0 Å². The number of hydrogen-bond acceptors (Lipinski definition) is 5. The summed E-state index contributed by atoms with van der Waals surface area (Å²) in [4.78, 5) is 31.7. The highest BCUT2D eigenvalue weighted by Crippen LogP contribution is 2.33. The smallest absolute Gasteiger partial charge is 0.311 e. The molecule has 0 atom stereocenters. The molecule has 0 spiro atoms. The minimum atomic E-state index is -1.17. The number of nitro groups is 1. The van der Waals surface area contributed by atoms with Gasteiger partial charge in [-0.3, -0.25) is 19.7 Å². The van der Waals surface area contributed by atoms with Gasteiger partial charge in [0.1, 0.15) is 0 Å². The molecular weight excluding hydrogens is 270 g/mol. The molecule has 0 aliphatic rings. The fraction of sp³-hybridized carbons (Fsp3) is 0.333. The topological polar surface area (TPSA) is 127 Å². The molecular formula is C12H13NO7. The predicted octanol–water partition coefficient (Wildman–Crippen LogP) is 1.64. The van der Waals surface area contributed by atoms with Crippen LogP contribution in [0.3, 0.4) is 0 Å². The van der Waals surface area contributed by atoms with Crippen molar-refractivity contribution in [2.24, 2.45) is 0 Å². The Morgan fingerprint density at radius 1 is 1.30 bits per heavy atom. The number of carbonyl (C=O) groups is 2. The number of rotatable bonds is 7. The van der Waals surface area contributed by atoms with Gasteiger partial charge in [-0.05, 0) is 11.6 Å². The van der Waals surface area contributed by atoms with Crippen LogP contribution < -0.4 is 4.74 Å². The third-order valence-corrected chi connectivity index (χ3v) is 2.71. The zero-order valence-electron chi connectivity index (χ0n) is 10.6. The first-order valence-electron chi connectivity index (χ1n) is 5.61. The van der Waals surface area contributed by atoms with Crippen molar-refractivity contribution in [3.05, 3.63) is 33.9 Å². The molecule has 8 heteroatoms. The second-order valence-electron chi connectivity index (χ2n) is 4.08. The number of ether oxygens (including phenoxy) is 1. The van der Waals surface area contributed by atoms with E-state index in [1.54, 1.807) is 0 Å². The van der Waals surface area contributed by atoms with Crippen molar-refractivity contribution in [2.75, 3.05) is 7.11 Å². The molecule has 0 aliphatic heterocycles. The van der Waals surface area contributed by atoms with Crippen LogP contribution in [0.2, 0.25) is 0 Å². The van der Waals surface area contributed by atoms with Crippen LogP contribution in [0.4, 0.5) is 5.69 Å². The van der Waals surface area contributed by atoms with E-state index in [1.807, 2.05) is 0 Å². The zero-order valence-corrected chi connectivity index (χ0v) is 10.6. The van der Waals surface area contributed by atoms with Crippen LogP contribution >= 0.6 is 0 Å². The molecule has 8 nitrogen and oxygen atoms in total. The van der Waals surface area contributed by atoms with Crippen LogP contribution in [0.15, 0.2) is 18.2 Å². The average Bonchev–Trinajstić information content (AvgIpc) is 2.36. The van der Waals surface area contributed by atoms with Crippen LogP contribution in [-0.4, -0.2) is 34.2 Å². The van der Waals surface area contributed by atoms with E-state index in [2.05, 4.69) is 0 Å². The average molecular weight is 283 g/mol. The molecule has 0 unspecified atom stereocenters. The molecule has 0 amide bonds. The normalized spacial score (nSPS) is 10.3. The van der Waals surface area contributed by atoms with Crippen molar-refractivity contribution in [1.29, 1.82) is 0 Å². The Morgan fingerprint density at radius 3 is 2.25 bits per heavy atom. The van der Waals surface area contributed by atoms with Gasteiger partial charge in [0.15, 0.2) is 5.75 Å². The highest BCUT2D eigenvalue weighted by molar-refractivity contribution is 5.72. The van der Waals surface area contributed by atoms with Gasteiger partial charge in [0, 0.05) is 12.0 Å². The molecule has 0 aliphatic carbocycles. The van der Waals surface area contributed by atoms with E-state index in [-0.39, 0.29) is 17.0 Å². The molecule has 0 aromatic heterocycles. The van der Waals surface area contributed by atoms with Crippen molar-refractivity contribution >= 4 is 17.6 Å². The number of carboxylic acids is 2. The Bertz CT molecular complexity index is 525. The van der Waals surface area contributed by atoms with E-state index in [1.165, 1.54) is 19.2 Å². The summed E-state index contributed by atoms with van der Waals surface area (Å²) in [5, 5.41) is 28.5. The van der Waals surface area contributed by atoms with Crippen LogP contribution in [0.1, 0.15) is 24.3 Å². The lowest BCUT2D eigenvalue weighted by Gasteiger charge is -2.13. The van der Waals surface area contributed by atoms with E-state index < -0.39 is 35.6 Å². The maximum atomic E-state index is 10.9. The third kappa shape index (κ3) is 3.94. The van der Waals surface area contributed by atoms with Crippen molar-refractivity contribution < 1.29 is 29.5 Å². The van der Waals surface area contributed by atoms with Crippen molar-refractivity contribution in [1.82, 2.24) is 0 Å².